The van der Waals surface area contributed by atoms with Crippen LogP contribution in [-0.2, 0) is 14.9 Å². The van der Waals surface area contributed by atoms with Crippen molar-refractivity contribution in [2.75, 3.05) is 26.7 Å². The average Bonchev–Trinajstić information content (AvgIpc) is 2.47. The van der Waals surface area contributed by atoms with E-state index in [9.17, 15) is 4.79 Å². The third kappa shape index (κ3) is 6.40. The Morgan fingerprint density at radius 2 is 1.74 bits per heavy atom. The lowest BCUT2D eigenvalue weighted by molar-refractivity contribution is -0.153. The highest BCUT2D eigenvalue weighted by Crippen LogP contribution is 2.24. The summed E-state index contributed by atoms with van der Waals surface area (Å²) in [5.41, 5.74) is 1.36. The molecule has 4 nitrogen and oxygen atoms in total. The molecule has 0 unspecified atom stereocenters. The predicted molar refractivity (Wildman–Crippen MR) is 87.2 cm³/mol. The van der Waals surface area contributed by atoms with E-state index < -0.39 is 0 Å². The van der Waals surface area contributed by atoms with E-state index in [0.29, 0.717) is 5.75 Å². The lowest BCUT2D eigenvalue weighted by Gasteiger charge is -2.28. The molecule has 1 heterocycles. The van der Waals surface area contributed by atoms with Crippen molar-refractivity contribution >= 4 is 5.97 Å². The Morgan fingerprint density at radius 3 is 2.26 bits per heavy atom. The molecule has 1 aliphatic heterocycles. The largest absolute Gasteiger partial charge is 1.00 e. The highest BCUT2D eigenvalue weighted by molar-refractivity contribution is 5.71. The number of halogens is 1. The highest BCUT2D eigenvalue weighted by atomic mass is 35.5. The average molecular weight is 341 g/mol. The molecule has 1 aromatic rings. The number of esters is 1. The predicted octanol–water partition coefficient (Wildman–Crippen LogP) is 0.00430. The van der Waals surface area contributed by atoms with Gasteiger partial charge >= 0.3 is 5.97 Å². The standard InChI is InChI=1S/C18H27NO3.ClH/c1-18(2,3)14-5-7-15(8-6-14)21-13-17(20)22-16-9-11-19(4)12-10-16;/h5-8,16H,9-13H2,1-4H3;1H/p-1. The fourth-order valence-corrected chi connectivity index (χ4v) is 2.52. The summed E-state index contributed by atoms with van der Waals surface area (Å²) in [4.78, 5) is 14.1. The van der Waals surface area contributed by atoms with E-state index >= 15 is 0 Å². The van der Waals surface area contributed by atoms with Crippen molar-refractivity contribution < 1.29 is 26.7 Å². The topological polar surface area (TPSA) is 38.8 Å². The summed E-state index contributed by atoms with van der Waals surface area (Å²) in [6.45, 7) is 8.44. The van der Waals surface area contributed by atoms with Crippen molar-refractivity contribution in [3.8, 4) is 5.75 Å². The van der Waals surface area contributed by atoms with Crippen LogP contribution in [0, 0.1) is 0 Å². The van der Waals surface area contributed by atoms with E-state index in [4.69, 9.17) is 9.47 Å². The smallest absolute Gasteiger partial charge is 0.344 e. The Morgan fingerprint density at radius 1 is 1.17 bits per heavy atom. The number of carbonyl (C=O) groups is 1. The fraction of sp³-hybridized carbons (Fsp3) is 0.611. The Bertz CT molecular complexity index is 488. The van der Waals surface area contributed by atoms with E-state index in [1.54, 1.807) is 0 Å². The lowest BCUT2D eigenvalue weighted by atomic mass is 9.87. The molecule has 0 aromatic heterocycles. The molecule has 0 amide bonds. The molecule has 0 N–H and O–H groups in total. The van der Waals surface area contributed by atoms with Gasteiger partial charge in [0.05, 0.1) is 0 Å². The maximum Gasteiger partial charge on any atom is 0.344 e. The van der Waals surface area contributed by atoms with Crippen LogP contribution in [0.4, 0.5) is 0 Å². The first-order valence-electron chi connectivity index (χ1n) is 7.96. The molecule has 1 aliphatic rings. The molecule has 1 aromatic carbocycles. The van der Waals surface area contributed by atoms with Crippen LogP contribution in [0.5, 0.6) is 5.75 Å². The molecule has 0 aliphatic carbocycles. The first kappa shape index (κ1) is 19.8. The molecule has 2 rings (SSSR count). The Labute approximate surface area is 145 Å². The number of nitrogens with zero attached hydrogens (tertiary/aromatic N) is 1. The second-order valence-electron chi connectivity index (χ2n) is 7.06. The summed E-state index contributed by atoms with van der Waals surface area (Å²) in [6.07, 6.45) is 1.85. The van der Waals surface area contributed by atoms with Crippen LogP contribution >= 0.6 is 0 Å². The Hall–Kier alpha value is -1.26. The number of benzene rings is 1. The fourth-order valence-electron chi connectivity index (χ4n) is 2.52. The summed E-state index contributed by atoms with van der Waals surface area (Å²) in [5, 5.41) is 0. The molecule has 130 valence electrons. The normalized spacial score (nSPS) is 16.5. The van der Waals surface area contributed by atoms with Gasteiger partial charge in [-0.3, -0.25) is 0 Å². The lowest BCUT2D eigenvalue weighted by Crippen LogP contribution is -3.00. The minimum Gasteiger partial charge on any atom is -1.00 e. The Kier molecular flexibility index (Phi) is 7.36. The molecule has 1 fully saturated rings. The SMILES string of the molecule is CN1CCC(OC(=O)COc2ccc(C(C)(C)C)cc2)CC1.[Cl-]. The molecular formula is C18H27ClNO3-. The number of carbonyl (C=O) groups excluding carboxylic acids is 1. The van der Waals surface area contributed by atoms with Gasteiger partial charge in [0.2, 0.25) is 0 Å². The first-order valence-corrected chi connectivity index (χ1v) is 7.96. The molecule has 0 atom stereocenters. The molecular weight excluding hydrogens is 314 g/mol. The van der Waals surface area contributed by atoms with Crippen LogP contribution in [0.1, 0.15) is 39.2 Å². The molecule has 5 heteroatoms. The minimum atomic E-state index is -0.283. The van der Waals surface area contributed by atoms with Crippen molar-refractivity contribution in [2.24, 2.45) is 0 Å². The molecule has 23 heavy (non-hydrogen) atoms. The molecule has 0 radical (unpaired) electrons. The summed E-state index contributed by atoms with van der Waals surface area (Å²) < 4.78 is 11.0. The highest BCUT2D eigenvalue weighted by Gasteiger charge is 2.20. The van der Waals surface area contributed by atoms with Gasteiger partial charge in [-0.25, -0.2) is 4.79 Å². The summed E-state index contributed by atoms with van der Waals surface area (Å²) in [7, 11) is 2.09. The monoisotopic (exact) mass is 340 g/mol. The van der Waals surface area contributed by atoms with Gasteiger partial charge < -0.3 is 26.8 Å². The van der Waals surface area contributed by atoms with Crippen LogP contribution in [0.25, 0.3) is 0 Å². The maximum absolute atomic E-state index is 11.8. The molecule has 0 bridgehead atoms. The molecule has 1 saturated heterocycles. The number of hydrogen-bond donors (Lipinski definition) is 0. The van der Waals surface area contributed by atoms with Gasteiger partial charge in [-0.05, 0) is 43.0 Å². The van der Waals surface area contributed by atoms with Crippen LogP contribution in [-0.4, -0.2) is 43.7 Å². The van der Waals surface area contributed by atoms with Crippen molar-refractivity contribution in [3.63, 3.8) is 0 Å². The third-order valence-electron chi connectivity index (χ3n) is 4.04. The van der Waals surface area contributed by atoms with Crippen LogP contribution in [0.3, 0.4) is 0 Å². The van der Waals surface area contributed by atoms with E-state index in [-0.39, 0.29) is 36.5 Å². The van der Waals surface area contributed by atoms with Crippen molar-refractivity contribution in [3.05, 3.63) is 29.8 Å². The molecule has 0 spiro atoms. The van der Waals surface area contributed by atoms with Crippen molar-refractivity contribution in [1.82, 2.24) is 4.90 Å². The number of likely N-dealkylation sites (tertiary alicyclic amines) is 1. The summed E-state index contributed by atoms with van der Waals surface area (Å²) in [6, 6.07) is 7.89. The summed E-state index contributed by atoms with van der Waals surface area (Å²) >= 11 is 0. The first-order chi connectivity index (χ1) is 10.3. The number of piperidine rings is 1. The van der Waals surface area contributed by atoms with Crippen molar-refractivity contribution in [1.29, 1.82) is 0 Å². The van der Waals surface area contributed by atoms with E-state index in [1.165, 1.54) is 5.56 Å². The van der Waals surface area contributed by atoms with Crippen LogP contribution in [0.15, 0.2) is 24.3 Å². The quantitative estimate of drug-likeness (QED) is 0.724. The zero-order chi connectivity index (χ0) is 16.2. The van der Waals surface area contributed by atoms with Gasteiger partial charge in [0.15, 0.2) is 6.61 Å². The zero-order valence-corrected chi connectivity index (χ0v) is 15.2. The minimum absolute atomic E-state index is 0. The van der Waals surface area contributed by atoms with Gasteiger partial charge in [-0.2, -0.15) is 0 Å². The van der Waals surface area contributed by atoms with E-state index in [0.717, 1.165) is 25.9 Å². The number of ether oxygens (including phenoxy) is 2. The second kappa shape index (κ2) is 8.55. The van der Waals surface area contributed by atoms with Crippen LogP contribution in [0.2, 0.25) is 0 Å². The number of hydrogen-bond acceptors (Lipinski definition) is 4. The van der Waals surface area contributed by atoms with Gasteiger partial charge in [0.1, 0.15) is 11.9 Å². The van der Waals surface area contributed by atoms with Gasteiger partial charge in [-0.15, -0.1) is 0 Å². The second-order valence-corrected chi connectivity index (χ2v) is 7.06. The summed E-state index contributed by atoms with van der Waals surface area (Å²) in [5.74, 6) is 0.419. The van der Waals surface area contributed by atoms with Gasteiger partial charge in [0, 0.05) is 13.1 Å². The molecule has 0 saturated carbocycles. The van der Waals surface area contributed by atoms with Gasteiger partial charge in [0.25, 0.3) is 0 Å². The maximum atomic E-state index is 11.8. The van der Waals surface area contributed by atoms with Gasteiger partial charge in [-0.1, -0.05) is 32.9 Å². The van der Waals surface area contributed by atoms with E-state index in [2.05, 4.69) is 32.7 Å². The Balaban J connectivity index is 0.00000264. The van der Waals surface area contributed by atoms with E-state index in [1.807, 2.05) is 24.3 Å². The van der Waals surface area contributed by atoms with Crippen LogP contribution < -0.4 is 17.1 Å². The van der Waals surface area contributed by atoms with Crippen molar-refractivity contribution in [2.45, 2.75) is 45.1 Å². The number of rotatable bonds is 4. The zero-order valence-electron chi connectivity index (χ0n) is 14.5. The third-order valence-corrected chi connectivity index (χ3v) is 4.04.